The highest BCUT2D eigenvalue weighted by molar-refractivity contribution is 6.04. The van der Waals surface area contributed by atoms with Crippen LogP contribution in [0.5, 0.6) is 17.2 Å². The van der Waals surface area contributed by atoms with E-state index in [1.807, 2.05) is 0 Å². The van der Waals surface area contributed by atoms with Crippen molar-refractivity contribution < 1.29 is 28.6 Å². The SMILES string of the molecule is COc1cc(NC(=O)[C@H]2CC(=O)N(c3cccc(NC(C)=O)c3)C2)cc(OC)c1OC. The topological polar surface area (TPSA) is 106 Å². The molecular weight excluding hydrogens is 402 g/mol. The number of benzene rings is 2. The second-order valence-electron chi connectivity index (χ2n) is 7.04. The van der Waals surface area contributed by atoms with Crippen LogP contribution in [0, 0.1) is 5.92 Å². The zero-order valence-electron chi connectivity index (χ0n) is 17.9. The first-order chi connectivity index (χ1) is 14.9. The van der Waals surface area contributed by atoms with Gasteiger partial charge in [-0.05, 0) is 18.2 Å². The van der Waals surface area contributed by atoms with Gasteiger partial charge in [0.2, 0.25) is 23.5 Å². The molecule has 1 saturated heterocycles. The van der Waals surface area contributed by atoms with Crippen molar-refractivity contribution in [2.45, 2.75) is 13.3 Å². The summed E-state index contributed by atoms with van der Waals surface area (Å²) in [6.07, 6.45) is 0.0840. The van der Waals surface area contributed by atoms with Crippen molar-refractivity contribution >= 4 is 34.8 Å². The Morgan fingerprint density at radius 2 is 1.65 bits per heavy atom. The quantitative estimate of drug-likeness (QED) is 0.704. The van der Waals surface area contributed by atoms with Gasteiger partial charge in [-0.25, -0.2) is 0 Å². The average molecular weight is 427 g/mol. The van der Waals surface area contributed by atoms with Crippen molar-refractivity contribution in [1.82, 2.24) is 0 Å². The minimum Gasteiger partial charge on any atom is -0.493 e. The lowest BCUT2D eigenvalue weighted by atomic mass is 10.1. The summed E-state index contributed by atoms with van der Waals surface area (Å²) in [6, 6.07) is 10.2. The highest BCUT2D eigenvalue weighted by Gasteiger charge is 2.35. The number of anilines is 3. The van der Waals surface area contributed by atoms with Crippen LogP contribution in [0.25, 0.3) is 0 Å². The Balaban J connectivity index is 1.75. The third-order valence-electron chi connectivity index (χ3n) is 4.91. The van der Waals surface area contributed by atoms with Crippen molar-refractivity contribution in [1.29, 1.82) is 0 Å². The summed E-state index contributed by atoms with van der Waals surface area (Å²) in [5, 5.41) is 5.52. The molecule has 2 aromatic rings. The third kappa shape index (κ3) is 4.88. The van der Waals surface area contributed by atoms with E-state index in [2.05, 4.69) is 10.6 Å². The van der Waals surface area contributed by atoms with E-state index in [1.54, 1.807) is 41.3 Å². The van der Waals surface area contributed by atoms with Gasteiger partial charge in [-0.1, -0.05) is 6.07 Å². The van der Waals surface area contributed by atoms with Crippen molar-refractivity contribution in [3.63, 3.8) is 0 Å². The summed E-state index contributed by atoms with van der Waals surface area (Å²) >= 11 is 0. The first-order valence-corrected chi connectivity index (χ1v) is 9.65. The molecule has 0 radical (unpaired) electrons. The van der Waals surface area contributed by atoms with Gasteiger partial charge in [0.05, 0.1) is 27.2 Å². The van der Waals surface area contributed by atoms with Crippen LogP contribution < -0.4 is 29.7 Å². The molecule has 0 spiro atoms. The Bertz CT molecular complexity index is 981. The second kappa shape index (κ2) is 9.38. The van der Waals surface area contributed by atoms with Crippen molar-refractivity contribution in [2.24, 2.45) is 5.92 Å². The van der Waals surface area contributed by atoms with Crippen LogP contribution in [0.1, 0.15) is 13.3 Å². The monoisotopic (exact) mass is 427 g/mol. The summed E-state index contributed by atoms with van der Waals surface area (Å²) in [5.41, 5.74) is 1.68. The summed E-state index contributed by atoms with van der Waals surface area (Å²) in [6.45, 7) is 1.65. The van der Waals surface area contributed by atoms with E-state index in [-0.39, 0.29) is 30.7 Å². The molecule has 0 aliphatic carbocycles. The van der Waals surface area contributed by atoms with Crippen LogP contribution in [0.3, 0.4) is 0 Å². The first kappa shape index (κ1) is 21.9. The van der Waals surface area contributed by atoms with Crippen LogP contribution in [0.2, 0.25) is 0 Å². The van der Waals surface area contributed by atoms with Crippen LogP contribution in [0.15, 0.2) is 36.4 Å². The Morgan fingerprint density at radius 3 is 2.23 bits per heavy atom. The lowest BCUT2D eigenvalue weighted by molar-refractivity contribution is -0.122. The number of hydrogen-bond acceptors (Lipinski definition) is 6. The summed E-state index contributed by atoms with van der Waals surface area (Å²) in [4.78, 5) is 38.2. The molecule has 1 heterocycles. The maximum Gasteiger partial charge on any atom is 0.229 e. The number of nitrogens with zero attached hydrogens (tertiary/aromatic N) is 1. The maximum absolute atomic E-state index is 12.8. The van der Waals surface area contributed by atoms with E-state index in [1.165, 1.54) is 28.3 Å². The maximum atomic E-state index is 12.8. The number of rotatable bonds is 7. The number of ether oxygens (including phenoxy) is 3. The molecule has 1 atom stereocenters. The molecule has 0 aromatic heterocycles. The minimum absolute atomic E-state index is 0.0840. The van der Waals surface area contributed by atoms with Gasteiger partial charge < -0.3 is 29.7 Å². The Labute approximate surface area is 180 Å². The van der Waals surface area contributed by atoms with E-state index in [0.717, 1.165) is 0 Å². The van der Waals surface area contributed by atoms with Crippen molar-refractivity contribution in [3.8, 4) is 17.2 Å². The molecule has 164 valence electrons. The first-order valence-electron chi connectivity index (χ1n) is 9.65. The van der Waals surface area contributed by atoms with E-state index in [9.17, 15) is 14.4 Å². The minimum atomic E-state index is -0.531. The Hall–Kier alpha value is -3.75. The number of carbonyl (C=O) groups is 3. The molecule has 3 rings (SSSR count). The zero-order chi connectivity index (χ0) is 22.5. The molecule has 0 unspecified atom stereocenters. The number of carbonyl (C=O) groups excluding carboxylic acids is 3. The van der Waals surface area contributed by atoms with Gasteiger partial charge in [0.15, 0.2) is 11.5 Å². The molecule has 1 aliphatic rings. The molecule has 9 heteroatoms. The number of hydrogen-bond donors (Lipinski definition) is 2. The van der Waals surface area contributed by atoms with Crippen LogP contribution in [-0.2, 0) is 14.4 Å². The number of methoxy groups -OCH3 is 3. The van der Waals surface area contributed by atoms with E-state index in [0.29, 0.717) is 34.3 Å². The van der Waals surface area contributed by atoms with Crippen LogP contribution in [-0.4, -0.2) is 45.6 Å². The summed E-state index contributed by atoms with van der Waals surface area (Å²) in [5.74, 6) is 0.0630. The molecule has 0 saturated carbocycles. The molecule has 9 nitrogen and oxygen atoms in total. The average Bonchev–Trinajstić information content (AvgIpc) is 3.14. The fourth-order valence-corrected chi connectivity index (χ4v) is 3.49. The molecule has 2 aromatic carbocycles. The molecular formula is C22H25N3O6. The molecule has 1 fully saturated rings. The highest BCUT2D eigenvalue weighted by atomic mass is 16.5. The lowest BCUT2D eigenvalue weighted by Crippen LogP contribution is -2.28. The summed E-state index contributed by atoms with van der Waals surface area (Å²) in [7, 11) is 4.48. The normalized spacial score (nSPS) is 15.4. The molecule has 31 heavy (non-hydrogen) atoms. The van der Waals surface area contributed by atoms with E-state index < -0.39 is 5.92 Å². The standard InChI is InChI=1S/C22H25N3O6/c1-13(26)23-15-6-5-7-17(9-15)25-12-14(8-20(25)27)22(28)24-16-10-18(29-2)21(31-4)19(11-16)30-3/h5-7,9-11,14H,8,12H2,1-4H3,(H,23,26)(H,24,28)/t14-/m0/s1. The molecule has 2 N–H and O–H groups in total. The van der Waals surface area contributed by atoms with E-state index in [4.69, 9.17) is 14.2 Å². The predicted molar refractivity (Wildman–Crippen MR) is 116 cm³/mol. The highest BCUT2D eigenvalue weighted by Crippen LogP contribution is 2.40. The van der Waals surface area contributed by atoms with Gasteiger partial charge in [0, 0.05) is 49.1 Å². The van der Waals surface area contributed by atoms with Crippen molar-refractivity contribution in [3.05, 3.63) is 36.4 Å². The molecule has 0 bridgehead atoms. The number of nitrogens with one attached hydrogen (secondary N) is 2. The fourth-order valence-electron chi connectivity index (χ4n) is 3.49. The fraction of sp³-hybridized carbons (Fsp3) is 0.318. The van der Waals surface area contributed by atoms with Gasteiger partial charge >= 0.3 is 0 Å². The Kier molecular flexibility index (Phi) is 6.64. The lowest BCUT2D eigenvalue weighted by Gasteiger charge is -2.18. The van der Waals surface area contributed by atoms with Crippen LogP contribution in [0.4, 0.5) is 17.1 Å². The molecule has 1 aliphatic heterocycles. The third-order valence-corrected chi connectivity index (χ3v) is 4.91. The summed E-state index contributed by atoms with van der Waals surface area (Å²) < 4.78 is 15.9. The predicted octanol–water partition coefficient (Wildman–Crippen LogP) is 2.66. The van der Waals surface area contributed by atoms with Gasteiger partial charge in [-0.15, -0.1) is 0 Å². The van der Waals surface area contributed by atoms with Crippen molar-refractivity contribution in [2.75, 3.05) is 43.4 Å². The van der Waals surface area contributed by atoms with Crippen LogP contribution >= 0.6 is 0 Å². The van der Waals surface area contributed by atoms with Gasteiger partial charge in [-0.2, -0.15) is 0 Å². The number of amides is 3. The van der Waals surface area contributed by atoms with Gasteiger partial charge in [0.1, 0.15) is 0 Å². The Morgan fingerprint density at radius 1 is 0.968 bits per heavy atom. The second-order valence-corrected chi connectivity index (χ2v) is 7.04. The van der Waals surface area contributed by atoms with Gasteiger partial charge in [0.25, 0.3) is 0 Å². The smallest absolute Gasteiger partial charge is 0.229 e. The largest absolute Gasteiger partial charge is 0.493 e. The molecule has 3 amide bonds. The van der Waals surface area contributed by atoms with E-state index >= 15 is 0 Å². The van der Waals surface area contributed by atoms with Gasteiger partial charge in [-0.3, -0.25) is 14.4 Å². The zero-order valence-corrected chi connectivity index (χ0v) is 17.9.